The highest BCUT2D eigenvalue weighted by atomic mass is 16.5. The van der Waals surface area contributed by atoms with Crippen LogP contribution in [-0.2, 0) is 4.74 Å². The van der Waals surface area contributed by atoms with Gasteiger partial charge in [0.05, 0.1) is 6.61 Å². The van der Waals surface area contributed by atoms with Gasteiger partial charge in [-0.3, -0.25) is 0 Å². The zero-order valence-electron chi connectivity index (χ0n) is 11.4. The summed E-state index contributed by atoms with van der Waals surface area (Å²) in [5.74, 6) is 0.748. The van der Waals surface area contributed by atoms with Gasteiger partial charge in [0.1, 0.15) is 5.76 Å². The fraction of sp³-hybridized carbons (Fsp3) is 0.188. The van der Waals surface area contributed by atoms with Crippen molar-refractivity contribution in [2.45, 2.75) is 13.8 Å². The molecule has 0 unspecified atom stereocenters. The Morgan fingerprint density at radius 3 is 2.75 bits per heavy atom. The number of carbonyl (C=O) groups is 1. The quantitative estimate of drug-likeness (QED) is 0.699. The van der Waals surface area contributed by atoms with Crippen molar-refractivity contribution < 1.29 is 13.9 Å². The third-order valence-corrected chi connectivity index (χ3v) is 3.20. The monoisotopic (exact) mass is 269 g/mol. The first-order valence-corrected chi connectivity index (χ1v) is 6.54. The minimum atomic E-state index is -0.417. The molecule has 0 aliphatic heterocycles. The third kappa shape index (κ3) is 1.99. The molecule has 0 saturated carbocycles. The van der Waals surface area contributed by atoms with Gasteiger partial charge < -0.3 is 9.15 Å². The summed E-state index contributed by atoms with van der Waals surface area (Å²) < 4.78 is 12.3. The highest BCUT2D eigenvalue weighted by molar-refractivity contribution is 5.91. The molecule has 102 valence electrons. The molecule has 0 spiro atoms. The molecule has 3 aromatic rings. The fourth-order valence-electron chi connectivity index (χ4n) is 2.24. The van der Waals surface area contributed by atoms with Crippen LogP contribution in [0.4, 0.5) is 4.79 Å². The summed E-state index contributed by atoms with van der Waals surface area (Å²) in [6.45, 7) is 4.06. The van der Waals surface area contributed by atoms with Gasteiger partial charge in [-0.05, 0) is 25.5 Å². The van der Waals surface area contributed by atoms with Gasteiger partial charge in [-0.1, -0.05) is 30.3 Å². The van der Waals surface area contributed by atoms with E-state index in [-0.39, 0.29) is 0 Å². The molecule has 2 aromatic heterocycles. The largest absolute Gasteiger partial charge is 0.449 e. The highest BCUT2D eigenvalue weighted by Gasteiger charge is 2.17. The summed E-state index contributed by atoms with van der Waals surface area (Å²) in [5, 5.41) is 0.928. The first-order chi connectivity index (χ1) is 9.70. The van der Waals surface area contributed by atoms with Crippen LogP contribution in [0.2, 0.25) is 0 Å². The lowest BCUT2D eigenvalue weighted by Crippen LogP contribution is -2.11. The van der Waals surface area contributed by atoms with Crippen molar-refractivity contribution in [3.63, 3.8) is 0 Å². The van der Waals surface area contributed by atoms with E-state index in [4.69, 9.17) is 9.15 Å². The van der Waals surface area contributed by atoms with Gasteiger partial charge in [-0.25, -0.2) is 9.36 Å². The third-order valence-electron chi connectivity index (χ3n) is 3.20. The molecule has 0 fully saturated rings. The molecule has 0 N–H and O–H groups in total. The van der Waals surface area contributed by atoms with Crippen LogP contribution in [-0.4, -0.2) is 17.3 Å². The van der Waals surface area contributed by atoms with Crippen molar-refractivity contribution >= 4 is 17.2 Å². The summed E-state index contributed by atoms with van der Waals surface area (Å²) in [6.07, 6.45) is 1.32. The van der Waals surface area contributed by atoms with Gasteiger partial charge in [0.25, 0.3) is 0 Å². The Morgan fingerprint density at radius 2 is 2.05 bits per heavy atom. The van der Waals surface area contributed by atoms with E-state index in [9.17, 15) is 4.79 Å². The number of hydrogen-bond acceptors (Lipinski definition) is 3. The van der Waals surface area contributed by atoms with Crippen molar-refractivity contribution in [2.24, 2.45) is 0 Å². The number of rotatable bonds is 2. The van der Waals surface area contributed by atoms with Crippen molar-refractivity contribution in [3.05, 3.63) is 48.2 Å². The SMILES string of the molecule is CCOC(=O)n1cc(C)c2cc(-c3ccccc3)oc21. The zero-order valence-corrected chi connectivity index (χ0v) is 11.4. The summed E-state index contributed by atoms with van der Waals surface area (Å²) >= 11 is 0. The Labute approximate surface area is 116 Å². The lowest BCUT2D eigenvalue weighted by atomic mass is 10.1. The number of ether oxygens (including phenoxy) is 1. The maximum absolute atomic E-state index is 11.9. The van der Waals surface area contributed by atoms with E-state index in [0.717, 1.165) is 22.3 Å². The predicted octanol–water partition coefficient (Wildman–Crippen LogP) is 4.21. The first kappa shape index (κ1) is 12.5. The van der Waals surface area contributed by atoms with E-state index in [1.165, 1.54) is 4.57 Å². The molecule has 0 aliphatic carbocycles. The van der Waals surface area contributed by atoms with E-state index in [2.05, 4.69) is 0 Å². The number of aromatic nitrogens is 1. The van der Waals surface area contributed by atoms with Crippen molar-refractivity contribution in [3.8, 4) is 11.3 Å². The summed E-state index contributed by atoms with van der Waals surface area (Å²) in [6, 6.07) is 11.8. The number of carbonyl (C=O) groups excluding carboxylic acids is 1. The topological polar surface area (TPSA) is 44.4 Å². The highest BCUT2D eigenvalue weighted by Crippen LogP contribution is 2.30. The average Bonchev–Trinajstić information content (AvgIpc) is 3.01. The molecule has 1 aromatic carbocycles. The van der Waals surface area contributed by atoms with Crippen LogP contribution in [0.25, 0.3) is 22.4 Å². The summed E-state index contributed by atoms with van der Waals surface area (Å²) in [7, 11) is 0. The summed E-state index contributed by atoms with van der Waals surface area (Å²) in [4.78, 5) is 11.9. The molecule has 0 aliphatic rings. The Balaban J connectivity index is 2.12. The molecule has 2 heterocycles. The lowest BCUT2D eigenvalue weighted by molar-refractivity contribution is 0.154. The lowest BCUT2D eigenvalue weighted by Gasteiger charge is -2.02. The van der Waals surface area contributed by atoms with Crippen LogP contribution in [0.15, 0.2) is 47.0 Å². The van der Waals surface area contributed by atoms with Gasteiger partial charge in [0.2, 0.25) is 5.71 Å². The predicted molar refractivity (Wildman–Crippen MR) is 76.8 cm³/mol. The van der Waals surface area contributed by atoms with Crippen LogP contribution >= 0.6 is 0 Å². The second-order valence-corrected chi connectivity index (χ2v) is 4.58. The van der Waals surface area contributed by atoms with Gasteiger partial charge in [0, 0.05) is 17.1 Å². The van der Waals surface area contributed by atoms with E-state index in [1.54, 1.807) is 13.1 Å². The van der Waals surface area contributed by atoms with Gasteiger partial charge in [-0.2, -0.15) is 0 Å². The smallest absolute Gasteiger partial charge is 0.420 e. The van der Waals surface area contributed by atoms with E-state index < -0.39 is 6.09 Å². The minimum Gasteiger partial charge on any atom is -0.449 e. The van der Waals surface area contributed by atoms with Crippen LogP contribution in [0.3, 0.4) is 0 Å². The van der Waals surface area contributed by atoms with Crippen LogP contribution in [0.1, 0.15) is 12.5 Å². The molecular weight excluding hydrogens is 254 g/mol. The number of aryl methyl sites for hydroxylation is 1. The molecule has 4 heteroatoms. The van der Waals surface area contributed by atoms with Gasteiger partial charge in [-0.15, -0.1) is 0 Å². The van der Waals surface area contributed by atoms with Crippen LogP contribution < -0.4 is 0 Å². The fourth-order valence-corrected chi connectivity index (χ4v) is 2.24. The number of fused-ring (bicyclic) bond motifs is 1. The van der Waals surface area contributed by atoms with Gasteiger partial charge >= 0.3 is 6.09 Å². The van der Waals surface area contributed by atoms with Crippen LogP contribution in [0, 0.1) is 6.92 Å². The molecular formula is C16H15NO3. The number of furan rings is 1. The standard InChI is InChI=1S/C16H15NO3/c1-3-19-16(18)17-10-11(2)13-9-14(20-15(13)17)12-7-5-4-6-8-12/h4-10H,3H2,1-2H3. The summed E-state index contributed by atoms with van der Waals surface area (Å²) in [5.41, 5.74) is 2.50. The normalized spacial score (nSPS) is 10.9. The zero-order chi connectivity index (χ0) is 14.1. The van der Waals surface area contributed by atoms with E-state index in [1.807, 2.05) is 43.3 Å². The molecule has 0 atom stereocenters. The molecule has 3 rings (SSSR count). The number of benzene rings is 1. The molecule has 0 radical (unpaired) electrons. The van der Waals surface area contributed by atoms with Crippen molar-refractivity contribution in [1.29, 1.82) is 0 Å². The second-order valence-electron chi connectivity index (χ2n) is 4.58. The Hall–Kier alpha value is -2.49. The number of hydrogen-bond donors (Lipinski definition) is 0. The average molecular weight is 269 g/mol. The molecule has 20 heavy (non-hydrogen) atoms. The molecule has 0 bridgehead atoms. The van der Waals surface area contributed by atoms with Gasteiger partial charge in [0.15, 0.2) is 0 Å². The Morgan fingerprint density at radius 1 is 1.30 bits per heavy atom. The van der Waals surface area contributed by atoms with Crippen molar-refractivity contribution in [1.82, 2.24) is 4.57 Å². The van der Waals surface area contributed by atoms with E-state index in [0.29, 0.717) is 12.3 Å². The number of nitrogens with zero attached hydrogens (tertiary/aromatic N) is 1. The Bertz CT molecular complexity index is 753. The van der Waals surface area contributed by atoms with E-state index >= 15 is 0 Å². The Kier molecular flexibility index (Phi) is 3.06. The second kappa shape index (κ2) is 4.89. The maximum atomic E-state index is 11.9. The van der Waals surface area contributed by atoms with Crippen LogP contribution in [0.5, 0.6) is 0 Å². The first-order valence-electron chi connectivity index (χ1n) is 6.54. The van der Waals surface area contributed by atoms with Crippen molar-refractivity contribution in [2.75, 3.05) is 6.61 Å². The molecule has 0 amide bonds. The maximum Gasteiger partial charge on any atom is 0.420 e. The molecule has 4 nitrogen and oxygen atoms in total. The molecule has 0 saturated heterocycles. The minimum absolute atomic E-state index is 0.337.